The lowest BCUT2D eigenvalue weighted by molar-refractivity contribution is 0.440. The Balaban J connectivity index is 2.70. The van der Waals surface area contributed by atoms with Gasteiger partial charge in [-0.05, 0) is 12.8 Å². The van der Waals surface area contributed by atoms with Gasteiger partial charge in [0.15, 0.2) is 0 Å². The highest BCUT2D eigenvalue weighted by Gasteiger charge is 2.35. The summed E-state index contributed by atoms with van der Waals surface area (Å²) >= 11 is 2.97. The van der Waals surface area contributed by atoms with Crippen molar-refractivity contribution in [1.29, 1.82) is 0 Å². The van der Waals surface area contributed by atoms with Gasteiger partial charge in [-0.2, -0.15) is 4.31 Å². The summed E-state index contributed by atoms with van der Waals surface area (Å²) in [6.45, 7) is 3.97. The van der Waals surface area contributed by atoms with Gasteiger partial charge in [-0.3, -0.25) is 0 Å². The molecule has 0 aliphatic heterocycles. The van der Waals surface area contributed by atoms with Crippen LogP contribution >= 0.6 is 15.9 Å². The maximum atomic E-state index is 11.4. The fourth-order valence-corrected chi connectivity index (χ4v) is 2.95. The molecule has 1 rings (SSSR count). The molecule has 0 spiro atoms. The summed E-state index contributed by atoms with van der Waals surface area (Å²) in [5.74, 6) is 0. The molecular formula is C7H12BrNO2S. The smallest absolute Gasteiger partial charge is 0.211 e. The molecule has 0 saturated heterocycles. The van der Waals surface area contributed by atoms with Gasteiger partial charge >= 0.3 is 0 Å². The van der Waals surface area contributed by atoms with E-state index in [2.05, 4.69) is 22.5 Å². The fourth-order valence-electron chi connectivity index (χ4n) is 1.04. The lowest BCUT2D eigenvalue weighted by Crippen LogP contribution is -2.33. The first-order chi connectivity index (χ1) is 5.61. The number of halogens is 1. The molecule has 0 bridgehead atoms. The van der Waals surface area contributed by atoms with Crippen LogP contribution < -0.4 is 0 Å². The van der Waals surface area contributed by atoms with Crippen LogP contribution in [0.1, 0.15) is 12.8 Å². The second-order valence-corrected chi connectivity index (χ2v) is 6.04. The molecule has 1 aliphatic rings. The number of hydrogen-bond acceptors (Lipinski definition) is 2. The summed E-state index contributed by atoms with van der Waals surface area (Å²) in [6.07, 6.45) is 3.60. The van der Waals surface area contributed by atoms with Crippen LogP contribution in [0.5, 0.6) is 0 Å². The van der Waals surface area contributed by atoms with E-state index in [1.54, 1.807) is 6.08 Å². The lowest BCUT2D eigenvalue weighted by atomic mass is 10.6. The van der Waals surface area contributed by atoms with Crippen molar-refractivity contribution in [1.82, 2.24) is 4.31 Å². The van der Waals surface area contributed by atoms with Gasteiger partial charge in [0, 0.05) is 12.6 Å². The molecule has 1 saturated carbocycles. The van der Waals surface area contributed by atoms with Gasteiger partial charge in [-0.15, -0.1) is 6.58 Å². The average molecular weight is 254 g/mol. The van der Waals surface area contributed by atoms with Crippen molar-refractivity contribution in [3.63, 3.8) is 0 Å². The fraction of sp³-hybridized carbons (Fsp3) is 0.714. The van der Waals surface area contributed by atoms with Crippen molar-refractivity contribution in [3.05, 3.63) is 12.7 Å². The Morgan fingerprint density at radius 3 is 2.50 bits per heavy atom. The van der Waals surface area contributed by atoms with Crippen molar-refractivity contribution < 1.29 is 8.42 Å². The first-order valence-electron chi connectivity index (χ1n) is 3.78. The Hall–Kier alpha value is 0.130. The molecule has 0 aromatic carbocycles. The van der Waals surface area contributed by atoms with Gasteiger partial charge in [-0.1, -0.05) is 22.0 Å². The average Bonchev–Trinajstić information content (AvgIpc) is 2.83. The Labute approximate surface area is 81.6 Å². The molecule has 0 unspecified atom stereocenters. The molecule has 0 atom stereocenters. The second kappa shape index (κ2) is 3.89. The largest absolute Gasteiger partial charge is 0.224 e. The third-order valence-electron chi connectivity index (χ3n) is 1.76. The van der Waals surface area contributed by atoms with Crippen molar-refractivity contribution in [2.24, 2.45) is 0 Å². The van der Waals surface area contributed by atoms with Gasteiger partial charge in [0.05, 0.1) is 0 Å². The summed E-state index contributed by atoms with van der Waals surface area (Å²) in [5.41, 5.74) is 0. The van der Waals surface area contributed by atoms with E-state index in [1.165, 1.54) is 4.31 Å². The zero-order valence-electron chi connectivity index (χ0n) is 6.74. The molecule has 1 fully saturated rings. The Bertz CT molecular complexity index is 259. The van der Waals surface area contributed by atoms with Gasteiger partial charge in [0.25, 0.3) is 0 Å². The van der Waals surface area contributed by atoms with Crippen LogP contribution in [0, 0.1) is 0 Å². The normalized spacial score (nSPS) is 18.2. The second-order valence-electron chi connectivity index (χ2n) is 2.81. The molecular weight excluding hydrogens is 242 g/mol. The number of nitrogens with zero attached hydrogens (tertiary/aromatic N) is 1. The lowest BCUT2D eigenvalue weighted by Gasteiger charge is -2.18. The van der Waals surface area contributed by atoms with E-state index in [4.69, 9.17) is 0 Å². The standard InChI is InChI=1S/C7H12BrNO2S/c1-2-5-9(7-3-4-7)12(10,11)6-8/h2,7H,1,3-6H2. The van der Waals surface area contributed by atoms with Crippen LogP contribution in [-0.2, 0) is 10.0 Å². The van der Waals surface area contributed by atoms with Gasteiger partial charge in [0.2, 0.25) is 10.0 Å². The van der Waals surface area contributed by atoms with Crippen molar-refractivity contribution in [3.8, 4) is 0 Å². The Kier molecular flexibility index (Phi) is 3.31. The van der Waals surface area contributed by atoms with E-state index in [0.717, 1.165) is 12.8 Å². The van der Waals surface area contributed by atoms with E-state index in [-0.39, 0.29) is 10.7 Å². The first kappa shape index (κ1) is 10.2. The molecule has 0 heterocycles. The third kappa shape index (κ3) is 2.31. The molecule has 0 aromatic rings. The maximum Gasteiger partial charge on any atom is 0.224 e. The number of sulfonamides is 1. The van der Waals surface area contributed by atoms with Gasteiger partial charge < -0.3 is 0 Å². The monoisotopic (exact) mass is 253 g/mol. The predicted molar refractivity (Wildman–Crippen MR) is 52.6 cm³/mol. The van der Waals surface area contributed by atoms with Crippen LogP contribution in [-0.4, -0.2) is 30.0 Å². The van der Waals surface area contributed by atoms with Crippen molar-refractivity contribution in [2.75, 3.05) is 11.2 Å². The summed E-state index contributed by atoms with van der Waals surface area (Å²) in [7, 11) is -3.08. The van der Waals surface area contributed by atoms with E-state index in [0.29, 0.717) is 6.54 Å². The highest BCUT2D eigenvalue weighted by molar-refractivity contribution is 9.10. The van der Waals surface area contributed by atoms with Crippen LogP contribution in [0.4, 0.5) is 0 Å². The molecule has 5 heteroatoms. The van der Waals surface area contributed by atoms with Crippen LogP contribution in [0.2, 0.25) is 0 Å². The quantitative estimate of drug-likeness (QED) is 0.548. The molecule has 0 N–H and O–H groups in total. The van der Waals surface area contributed by atoms with Crippen LogP contribution in [0.3, 0.4) is 0 Å². The van der Waals surface area contributed by atoms with E-state index in [9.17, 15) is 8.42 Å². The van der Waals surface area contributed by atoms with E-state index >= 15 is 0 Å². The number of alkyl halides is 1. The topological polar surface area (TPSA) is 37.4 Å². The third-order valence-corrected chi connectivity index (χ3v) is 4.93. The highest BCUT2D eigenvalue weighted by Crippen LogP contribution is 2.29. The summed E-state index contributed by atoms with van der Waals surface area (Å²) in [6, 6.07) is 0.227. The minimum atomic E-state index is -3.08. The summed E-state index contributed by atoms with van der Waals surface area (Å²) < 4.78 is 24.3. The highest BCUT2D eigenvalue weighted by atomic mass is 79.9. The Morgan fingerprint density at radius 2 is 2.17 bits per heavy atom. The minimum absolute atomic E-state index is 0.00431. The number of hydrogen-bond donors (Lipinski definition) is 0. The molecule has 0 amide bonds. The van der Waals surface area contributed by atoms with Crippen molar-refractivity contribution >= 4 is 26.0 Å². The predicted octanol–water partition coefficient (Wildman–Crippen LogP) is 1.32. The zero-order chi connectivity index (χ0) is 9.19. The summed E-state index contributed by atoms with van der Waals surface area (Å²) in [4.78, 5) is 0. The maximum absolute atomic E-state index is 11.4. The molecule has 3 nitrogen and oxygen atoms in total. The molecule has 70 valence electrons. The van der Waals surface area contributed by atoms with Crippen LogP contribution in [0.25, 0.3) is 0 Å². The molecule has 12 heavy (non-hydrogen) atoms. The van der Waals surface area contributed by atoms with Gasteiger partial charge in [0.1, 0.15) is 4.66 Å². The molecule has 1 aliphatic carbocycles. The summed E-state index contributed by atoms with van der Waals surface area (Å²) in [5, 5.41) is 0. The molecule has 0 aromatic heterocycles. The Morgan fingerprint density at radius 1 is 1.58 bits per heavy atom. The minimum Gasteiger partial charge on any atom is -0.211 e. The molecule has 0 radical (unpaired) electrons. The van der Waals surface area contributed by atoms with Crippen molar-refractivity contribution in [2.45, 2.75) is 18.9 Å². The first-order valence-corrected chi connectivity index (χ1v) is 6.51. The SMILES string of the molecule is C=CCN(C1CC1)S(=O)(=O)CBr. The van der Waals surface area contributed by atoms with Crippen LogP contribution in [0.15, 0.2) is 12.7 Å². The number of rotatable bonds is 5. The van der Waals surface area contributed by atoms with E-state index in [1.807, 2.05) is 0 Å². The van der Waals surface area contributed by atoms with E-state index < -0.39 is 10.0 Å². The zero-order valence-corrected chi connectivity index (χ0v) is 9.14. The van der Waals surface area contributed by atoms with Gasteiger partial charge in [-0.25, -0.2) is 8.42 Å².